The van der Waals surface area contributed by atoms with Gasteiger partial charge in [-0.05, 0) is 36.9 Å². The maximum Gasteiger partial charge on any atom is 0.101 e. The van der Waals surface area contributed by atoms with Gasteiger partial charge in [0.2, 0.25) is 0 Å². The Morgan fingerprint density at radius 3 is 2.70 bits per heavy atom. The zero-order valence-electron chi connectivity index (χ0n) is 12.5. The van der Waals surface area contributed by atoms with Crippen molar-refractivity contribution in [2.75, 3.05) is 20.3 Å². The molecule has 2 unspecified atom stereocenters. The fraction of sp³-hybridized carbons (Fsp3) is 0.529. The minimum atomic E-state index is 0.0238. The number of benzene rings is 1. The van der Waals surface area contributed by atoms with E-state index in [-0.39, 0.29) is 12.1 Å². The molecular formula is C17H25NO2. The van der Waals surface area contributed by atoms with Gasteiger partial charge in [-0.2, -0.15) is 0 Å². The smallest absolute Gasteiger partial charge is 0.101 e. The monoisotopic (exact) mass is 275 g/mol. The maximum atomic E-state index is 5.79. The van der Waals surface area contributed by atoms with Gasteiger partial charge in [-0.15, -0.1) is 0 Å². The van der Waals surface area contributed by atoms with Crippen LogP contribution in [-0.2, 0) is 9.47 Å². The summed E-state index contributed by atoms with van der Waals surface area (Å²) < 4.78 is 11.3. The minimum absolute atomic E-state index is 0.0238. The second-order valence-electron chi connectivity index (χ2n) is 5.17. The Morgan fingerprint density at radius 1 is 1.30 bits per heavy atom. The standard InChI is InChI=1S/C17H25NO2/c1-3-11-18-16(15-10-7-12-20-13-15)17(19-2)14-8-5-4-6-9-14/h4-6,8-9,13,16-18H,3,7,10-12H2,1-2H3. The third kappa shape index (κ3) is 3.84. The summed E-state index contributed by atoms with van der Waals surface area (Å²) in [5.41, 5.74) is 2.51. The molecule has 0 amide bonds. The first-order valence-corrected chi connectivity index (χ1v) is 7.48. The molecule has 0 spiro atoms. The second kappa shape index (κ2) is 8.08. The van der Waals surface area contributed by atoms with E-state index in [1.54, 1.807) is 7.11 Å². The van der Waals surface area contributed by atoms with E-state index >= 15 is 0 Å². The third-order valence-corrected chi connectivity index (χ3v) is 3.66. The lowest BCUT2D eigenvalue weighted by atomic mass is 9.92. The van der Waals surface area contributed by atoms with Crippen molar-refractivity contribution >= 4 is 0 Å². The van der Waals surface area contributed by atoms with E-state index in [1.165, 1.54) is 11.1 Å². The molecule has 1 aromatic carbocycles. The molecule has 1 heterocycles. The summed E-state index contributed by atoms with van der Waals surface area (Å²) in [4.78, 5) is 0. The molecule has 0 saturated carbocycles. The Hall–Kier alpha value is -1.32. The summed E-state index contributed by atoms with van der Waals surface area (Å²) in [5.74, 6) is 0. The highest BCUT2D eigenvalue weighted by molar-refractivity contribution is 5.24. The van der Waals surface area contributed by atoms with Crippen LogP contribution in [0.5, 0.6) is 0 Å². The average Bonchev–Trinajstić information content (AvgIpc) is 2.53. The van der Waals surface area contributed by atoms with Crippen LogP contribution in [0.3, 0.4) is 0 Å². The summed E-state index contributed by atoms with van der Waals surface area (Å²) in [6, 6.07) is 10.6. The normalized spacial score (nSPS) is 18.0. The predicted octanol–water partition coefficient (Wildman–Crippen LogP) is 3.44. The zero-order valence-corrected chi connectivity index (χ0v) is 12.5. The van der Waals surface area contributed by atoms with Gasteiger partial charge in [-0.1, -0.05) is 37.3 Å². The van der Waals surface area contributed by atoms with Gasteiger partial charge in [0.25, 0.3) is 0 Å². The van der Waals surface area contributed by atoms with E-state index < -0.39 is 0 Å². The van der Waals surface area contributed by atoms with Crippen molar-refractivity contribution in [3.05, 3.63) is 47.7 Å². The van der Waals surface area contributed by atoms with Gasteiger partial charge in [-0.3, -0.25) is 0 Å². The van der Waals surface area contributed by atoms with E-state index in [2.05, 4.69) is 36.5 Å². The first-order valence-electron chi connectivity index (χ1n) is 7.48. The van der Waals surface area contributed by atoms with Crippen molar-refractivity contribution in [3.8, 4) is 0 Å². The largest absolute Gasteiger partial charge is 0.501 e. The molecule has 20 heavy (non-hydrogen) atoms. The van der Waals surface area contributed by atoms with Crippen LogP contribution < -0.4 is 5.32 Å². The van der Waals surface area contributed by atoms with Crippen LogP contribution in [0.15, 0.2) is 42.2 Å². The van der Waals surface area contributed by atoms with Gasteiger partial charge < -0.3 is 14.8 Å². The molecule has 2 rings (SSSR count). The van der Waals surface area contributed by atoms with Gasteiger partial charge in [0.1, 0.15) is 6.10 Å². The molecule has 0 bridgehead atoms. The summed E-state index contributed by atoms with van der Waals surface area (Å²) >= 11 is 0. The number of rotatable bonds is 7. The van der Waals surface area contributed by atoms with E-state index in [4.69, 9.17) is 9.47 Å². The molecule has 0 radical (unpaired) electrons. The van der Waals surface area contributed by atoms with Crippen LogP contribution in [0.4, 0.5) is 0 Å². The van der Waals surface area contributed by atoms with Crippen LogP contribution in [0.1, 0.15) is 37.9 Å². The molecule has 0 aromatic heterocycles. The molecule has 3 nitrogen and oxygen atoms in total. The third-order valence-electron chi connectivity index (χ3n) is 3.66. The van der Waals surface area contributed by atoms with Crippen molar-refractivity contribution in [2.24, 2.45) is 0 Å². The van der Waals surface area contributed by atoms with Gasteiger partial charge in [-0.25, -0.2) is 0 Å². The quantitative estimate of drug-likeness (QED) is 0.827. The van der Waals surface area contributed by atoms with Gasteiger partial charge in [0.15, 0.2) is 0 Å². The van der Waals surface area contributed by atoms with Crippen molar-refractivity contribution in [1.29, 1.82) is 0 Å². The molecule has 110 valence electrons. The van der Waals surface area contributed by atoms with Crippen molar-refractivity contribution in [2.45, 2.75) is 38.3 Å². The Bertz CT molecular complexity index is 416. The molecule has 2 atom stereocenters. The Kier molecular flexibility index (Phi) is 6.09. The van der Waals surface area contributed by atoms with E-state index in [1.807, 2.05) is 12.3 Å². The fourth-order valence-electron chi connectivity index (χ4n) is 2.65. The highest BCUT2D eigenvalue weighted by Gasteiger charge is 2.27. The number of methoxy groups -OCH3 is 1. The highest BCUT2D eigenvalue weighted by Crippen LogP contribution is 2.28. The molecule has 1 N–H and O–H groups in total. The predicted molar refractivity (Wildman–Crippen MR) is 81.5 cm³/mol. The van der Waals surface area contributed by atoms with Crippen molar-refractivity contribution < 1.29 is 9.47 Å². The SMILES string of the molecule is CCCNC(C1=COCCC1)C(OC)c1ccccc1. The first kappa shape index (κ1) is 15.1. The topological polar surface area (TPSA) is 30.5 Å². The highest BCUT2D eigenvalue weighted by atomic mass is 16.5. The summed E-state index contributed by atoms with van der Waals surface area (Å²) in [6.07, 6.45) is 5.22. The van der Waals surface area contributed by atoms with Crippen molar-refractivity contribution in [1.82, 2.24) is 5.32 Å². The van der Waals surface area contributed by atoms with Crippen LogP contribution in [-0.4, -0.2) is 26.3 Å². The number of hydrogen-bond acceptors (Lipinski definition) is 3. The lowest BCUT2D eigenvalue weighted by Gasteiger charge is -2.31. The maximum absolute atomic E-state index is 5.79. The Labute approximate surface area is 122 Å². The summed E-state index contributed by atoms with van der Waals surface area (Å²) in [7, 11) is 1.78. The minimum Gasteiger partial charge on any atom is -0.501 e. The number of ether oxygens (including phenoxy) is 2. The van der Waals surface area contributed by atoms with Crippen LogP contribution in [0.2, 0.25) is 0 Å². The van der Waals surface area contributed by atoms with Gasteiger partial charge in [0, 0.05) is 7.11 Å². The number of hydrogen-bond donors (Lipinski definition) is 1. The fourth-order valence-corrected chi connectivity index (χ4v) is 2.65. The van der Waals surface area contributed by atoms with Gasteiger partial charge >= 0.3 is 0 Å². The molecule has 3 heteroatoms. The van der Waals surface area contributed by atoms with Crippen molar-refractivity contribution in [3.63, 3.8) is 0 Å². The Balaban J connectivity index is 2.21. The summed E-state index contributed by atoms with van der Waals surface area (Å²) in [5, 5.41) is 3.62. The van der Waals surface area contributed by atoms with E-state index in [0.717, 1.165) is 32.4 Å². The average molecular weight is 275 g/mol. The molecule has 0 aliphatic carbocycles. The van der Waals surface area contributed by atoms with Crippen LogP contribution in [0, 0.1) is 0 Å². The number of nitrogens with one attached hydrogen (secondary N) is 1. The second-order valence-corrected chi connectivity index (χ2v) is 5.17. The molecule has 1 aliphatic rings. The lowest BCUT2D eigenvalue weighted by molar-refractivity contribution is 0.0738. The summed E-state index contributed by atoms with van der Waals surface area (Å²) in [6.45, 7) is 3.99. The molecule has 0 fully saturated rings. The van der Waals surface area contributed by atoms with Crippen LogP contribution in [0.25, 0.3) is 0 Å². The van der Waals surface area contributed by atoms with E-state index in [9.17, 15) is 0 Å². The zero-order chi connectivity index (χ0) is 14.2. The van der Waals surface area contributed by atoms with Crippen LogP contribution >= 0.6 is 0 Å². The van der Waals surface area contributed by atoms with E-state index in [0.29, 0.717) is 0 Å². The first-order chi connectivity index (χ1) is 9.86. The van der Waals surface area contributed by atoms with Gasteiger partial charge in [0.05, 0.1) is 18.9 Å². The molecule has 0 saturated heterocycles. The molecule has 1 aromatic rings. The lowest BCUT2D eigenvalue weighted by Crippen LogP contribution is -2.38. The Morgan fingerprint density at radius 2 is 2.10 bits per heavy atom. The molecular weight excluding hydrogens is 250 g/mol. The molecule has 1 aliphatic heterocycles.